The lowest BCUT2D eigenvalue weighted by molar-refractivity contribution is -0.384. The summed E-state index contributed by atoms with van der Waals surface area (Å²) in [5.74, 6) is -1.21. The smallest absolute Gasteiger partial charge is 0.269 e. The summed E-state index contributed by atoms with van der Waals surface area (Å²) in [6, 6.07) is 17.9. The van der Waals surface area contributed by atoms with Crippen molar-refractivity contribution in [1.29, 1.82) is 0 Å². The molecule has 218 valence electrons. The van der Waals surface area contributed by atoms with Crippen LogP contribution in [0.4, 0.5) is 10.1 Å². The predicted octanol–water partition coefficient (Wildman–Crippen LogP) is 4.54. The molecule has 42 heavy (non-hydrogen) atoms. The van der Waals surface area contributed by atoms with E-state index in [2.05, 4.69) is 10.0 Å². The minimum atomic E-state index is -0.556. The summed E-state index contributed by atoms with van der Waals surface area (Å²) in [5.41, 5.74) is 2.07. The van der Waals surface area contributed by atoms with Gasteiger partial charge in [0.15, 0.2) is 0 Å². The van der Waals surface area contributed by atoms with Gasteiger partial charge in [0, 0.05) is 44.7 Å². The highest BCUT2D eigenvalue weighted by Gasteiger charge is 2.35. The molecule has 2 heterocycles. The number of ether oxygens (including phenoxy) is 1. The Morgan fingerprint density at radius 1 is 1.05 bits per heavy atom. The van der Waals surface area contributed by atoms with Crippen LogP contribution >= 0.6 is 11.6 Å². The van der Waals surface area contributed by atoms with Gasteiger partial charge >= 0.3 is 0 Å². The molecule has 2 amide bonds. The van der Waals surface area contributed by atoms with Crippen LogP contribution in [0.1, 0.15) is 33.9 Å². The lowest BCUT2D eigenvalue weighted by Crippen LogP contribution is -2.46. The van der Waals surface area contributed by atoms with E-state index in [-0.39, 0.29) is 29.7 Å². The Balaban J connectivity index is 1.42. The highest BCUT2D eigenvalue weighted by Crippen LogP contribution is 2.33. The molecular formula is C30H29ClFN5O5. The van der Waals surface area contributed by atoms with Crippen LogP contribution in [0.25, 0.3) is 0 Å². The summed E-state index contributed by atoms with van der Waals surface area (Å²) in [6.07, 6.45) is 0.307. The Bertz CT molecular complexity index is 1480. The minimum Gasteiger partial charge on any atom is -0.379 e. The zero-order chi connectivity index (χ0) is 29.6. The standard InChI is InChI=1S/C30H29ClFN5O5/c31-26-4-2-1-3-25(26)30(39)35(14-13-34-15-17-42-18-16-34)20-29(38)36-28(22-5-9-23(32)10-6-22)19-27(33-36)21-7-11-24(12-8-21)37(40)41/h1-12,28H,13-20H2. The fourth-order valence-corrected chi connectivity index (χ4v) is 5.23. The van der Waals surface area contributed by atoms with Crippen molar-refractivity contribution in [2.75, 3.05) is 45.9 Å². The number of morpholine rings is 1. The number of rotatable bonds is 9. The van der Waals surface area contributed by atoms with Gasteiger partial charge in [-0.15, -0.1) is 0 Å². The highest BCUT2D eigenvalue weighted by molar-refractivity contribution is 6.33. The maximum atomic E-state index is 13.9. The molecular weight excluding hydrogens is 565 g/mol. The minimum absolute atomic E-state index is 0.0608. The second-order valence-electron chi connectivity index (χ2n) is 10.0. The van der Waals surface area contributed by atoms with E-state index in [0.717, 1.165) is 13.1 Å². The van der Waals surface area contributed by atoms with Crippen LogP contribution in [0.15, 0.2) is 77.9 Å². The van der Waals surface area contributed by atoms with Crippen molar-refractivity contribution in [1.82, 2.24) is 14.8 Å². The lowest BCUT2D eigenvalue weighted by atomic mass is 9.98. The number of hydrazone groups is 1. The predicted molar refractivity (Wildman–Crippen MR) is 155 cm³/mol. The fraction of sp³-hybridized carbons (Fsp3) is 0.300. The largest absolute Gasteiger partial charge is 0.379 e. The first-order chi connectivity index (χ1) is 20.3. The first kappa shape index (κ1) is 29.3. The number of hydrogen-bond acceptors (Lipinski definition) is 7. The summed E-state index contributed by atoms with van der Waals surface area (Å²) < 4.78 is 19.2. The molecule has 0 radical (unpaired) electrons. The topological polar surface area (TPSA) is 109 Å². The normalized spacial score (nSPS) is 17.1. The zero-order valence-corrected chi connectivity index (χ0v) is 23.5. The second-order valence-corrected chi connectivity index (χ2v) is 10.4. The average Bonchev–Trinajstić information content (AvgIpc) is 3.46. The van der Waals surface area contributed by atoms with E-state index < -0.39 is 22.7 Å². The summed E-state index contributed by atoms with van der Waals surface area (Å²) >= 11 is 6.34. The molecule has 0 spiro atoms. The molecule has 5 rings (SSSR count). The number of benzene rings is 3. The van der Waals surface area contributed by atoms with E-state index in [1.807, 2.05) is 0 Å². The number of halogens is 2. The quantitative estimate of drug-likeness (QED) is 0.266. The third kappa shape index (κ3) is 6.81. The van der Waals surface area contributed by atoms with Crippen molar-refractivity contribution in [2.24, 2.45) is 5.10 Å². The molecule has 0 bridgehead atoms. The van der Waals surface area contributed by atoms with Crippen LogP contribution in [-0.4, -0.2) is 83.2 Å². The van der Waals surface area contributed by atoms with Gasteiger partial charge in [0.25, 0.3) is 17.5 Å². The van der Waals surface area contributed by atoms with E-state index in [9.17, 15) is 24.1 Å². The SMILES string of the molecule is O=C(c1ccccc1Cl)N(CCN1CCOCC1)CC(=O)N1N=C(c2ccc([N+](=O)[O-])cc2)CC1c1ccc(F)cc1. The van der Waals surface area contributed by atoms with E-state index >= 15 is 0 Å². The number of nitro benzene ring substituents is 1. The van der Waals surface area contributed by atoms with Gasteiger partial charge in [0.2, 0.25) is 0 Å². The molecule has 0 aliphatic carbocycles. The van der Waals surface area contributed by atoms with Crippen molar-refractivity contribution in [2.45, 2.75) is 12.5 Å². The maximum Gasteiger partial charge on any atom is 0.269 e. The summed E-state index contributed by atoms with van der Waals surface area (Å²) in [6.45, 7) is 3.22. The van der Waals surface area contributed by atoms with Gasteiger partial charge in [0.05, 0.1) is 40.5 Å². The Morgan fingerprint density at radius 3 is 2.40 bits per heavy atom. The number of carbonyl (C=O) groups excluding carboxylic acids is 2. The van der Waals surface area contributed by atoms with Gasteiger partial charge in [-0.05, 0) is 47.5 Å². The van der Waals surface area contributed by atoms with Crippen molar-refractivity contribution >= 4 is 34.8 Å². The molecule has 12 heteroatoms. The Hall–Kier alpha value is -4.19. The number of nitro groups is 1. The second kappa shape index (κ2) is 13.2. The zero-order valence-electron chi connectivity index (χ0n) is 22.7. The van der Waals surface area contributed by atoms with Crippen LogP contribution in [0.5, 0.6) is 0 Å². The first-order valence-electron chi connectivity index (χ1n) is 13.5. The fourth-order valence-electron chi connectivity index (χ4n) is 5.01. The van der Waals surface area contributed by atoms with Crippen LogP contribution in [0.3, 0.4) is 0 Å². The highest BCUT2D eigenvalue weighted by atomic mass is 35.5. The van der Waals surface area contributed by atoms with Gasteiger partial charge in [-0.2, -0.15) is 5.10 Å². The number of carbonyl (C=O) groups is 2. The molecule has 1 atom stereocenters. The number of non-ortho nitro benzene ring substituents is 1. The number of amides is 2. The molecule has 1 fully saturated rings. The Labute approximate surface area is 247 Å². The summed E-state index contributed by atoms with van der Waals surface area (Å²) in [5, 5.41) is 17.3. The van der Waals surface area contributed by atoms with Gasteiger partial charge in [0.1, 0.15) is 12.4 Å². The summed E-state index contributed by atoms with van der Waals surface area (Å²) in [7, 11) is 0. The monoisotopic (exact) mass is 593 g/mol. The number of hydrogen-bond donors (Lipinski definition) is 0. The molecule has 1 saturated heterocycles. The molecule has 10 nitrogen and oxygen atoms in total. The van der Waals surface area contributed by atoms with Gasteiger partial charge in [-0.1, -0.05) is 35.9 Å². The molecule has 2 aliphatic rings. The van der Waals surface area contributed by atoms with E-state index in [1.54, 1.807) is 48.5 Å². The first-order valence-corrected chi connectivity index (χ1v) is 13.9. The van der Waals surface area contributed by atoms with Crippen LogP contribution < -0.4 is 0 Å². The molecule has 0 saturated carbocycles. The van der Waals surface area contributed by atoms with Crippen LogP contribution in [-0.2, 0) is 9.53 Å². The van der Waals surface area contributed by atoms with Gasteiger partial charge in [-0.3, -0.25) is 24.6 Å². The molecule has 1 unspecified atom stereocenters. The summed E-state index contributed by atoms with van der Waals surface area (Å²) in [4.78, 5) is 41.8. The van der Waals surface area contributed by atoms with Crippen LogP contribution in [0.2, 0.25) is 5.02 Å². The van der Waals surface area contributed by atoms with Crippen molar-refractivity contribution in [3.8, 4) is 0 Å². The molecule has 2 aliphatic heterocycles. The van der Waals surface area contributed by atoms with E-state index in [1.165, 1.54) is 34.2 Å². The molecule has 3 aromatic carbocycles. The Morgan fingerprint density at radius 2 is 1.74 bits per heavy atom. The van der Waals surface area contributed by atoms with Crippen molar-refractivity contribution in [3.05, 3.63) is 110 Å². The maximum absolute atomic E-state index is 13.9. The van der Waals surface area contributed by atoms with Crippen molar-refractivity contribution in [3.63, 3.8) is 0 Å². The molecule has 3 aromatic rings. The third-order valence-corrected chi connectivity index (χ3v) is 7.67. The van der Waals surface area contributed by atoms with E-state index in [0.29, 0.717) is 48.6 Å². The molecule has 0 aromatic heterocycles. The lowest BCUT2D eigenvalue weighted by Gasteiger charge is -2.31. The van der Waals surface area contributed by atoms with Crippen LogP contribution in [0, 0.1) is 15.9 Å². The average molecular weight is 594 g/mol. The van der Waals surface area contributed by atoms with Crippen molar-refractivity contribution < 1.29 is 23.6 Å². The van der Waals surface area contributed by atoms with E-state index in [4.69, 9.17) is 16.3 Å². The molecule has 0 N–H and O–H groups in total. The van der Waals surface area contributed by atoms with Gasteiger partial charge in [-0.25, -0.2) is 9.40 Å². The third-order valence-electron chi connectivity index (χ3n) is 7.34. The number of nitrogens with zero attached hydrogens (tertiary/aromatic N) is 5. The Kier molecular flexibility index (Phi) is 9.21. The van der Waals surface area contributed by atoms with Gasteiger partial charge < -0.3 is 9.64 Å².